The third-order valence-electron chi connectivity index (χ3n) is 7.77. The van der Waals surface area contributed by atoms with Crippen LogP contribution < -0.4 is 9.47 Å². The van der Waals surface area contributed by atoms with Gasteiger partial charge in [-0.25, -0.2) is 0 Å². The van der Waals surface area contributed by atoms with Gasteiger partial charge in [-0.05, 0) is 41.7 Å². The van der Waals surface area contributed by atoms with Crippen molar-refractivity contribution in [3.63, 3.8) is 0 Å². The number of hydrogen-bond acceptors (Lipinski definition) is 5. The molecule has 1 aliphatic carbocycles. The van der Waals surface area contributed by atoms with Crippen LogP contribution in [-0.2, 0) is 43.9 Å². The second-order valence-corrected chi connectivity index (χ2v) is 10.3. The van der Waals surface area contributed by atoms with E-state index in [9.17, 15) is 18.0 Å². The molecule has 1 N–H and O–H groups in total. The Labute approximate surface area is 217 Å². The first-order valence-electron chi connectivity index (χ1n) is 12.8. The maximum absolute atomic E-state index is 14.1. The molecule has 3 heterocycles. The summed E-state index contributed by atoms with van der Waals surface area (Å²) in [6.07, 6.45) is -1.08. The van der Waals surface area contributed by atoms with Crippen molar-refractivity contribution in [3.8, 4) is 11.5 Å². The molecule has 2 atom stereocenters. The van der Waals surface area contributed by atoms with Gasteiger partial charge in [-0.3, -0.25) is 14.4 Å². The molecule has 0 bridgehead atoms. The first kappa shape index (κ1) is 24.8. The first-order chi connectivity index (χ1) is 18.2. The molecule has 0 saturated heterocycles. The highest BCUT2D eigenvalue weighted by atomic mass is 19.4. The van der Waals surface area contributed by atoms with Gasteiger partial charge < -0.3 is 14.6 Å². The zero-order valence-electron chi connectivity index (χ0n) is 20.9. The predicted octanol–water partition coefficient (Wildman–Crippen LogP) is 5.01. The lowest BCUT2D eigenvalue weighted by atomic mass is 9.95. The zero-order chi connectivity index (χ0) is 26.6. The van der Waals surface area contributed by atoms with Gasteiger partial charge in [0.2, 0.25) is 0 Å². The van der Waals surface area contributed by atoms with Gasteiger partial charge in [-0.2, -0.15) is 18.3 Å². The first-order valence-corrected chi connectivity index (χ1v) is 12.8. The topological polar surface area (TPSA) is 76.8 Å². The largest absolute Gasteiger partial charge is 0.492 e. The van der Waals surface area contributed by atoms with Gasteiger partial charge in [0, 0.05) is 62.4 Å². The molecule has 0 spiro atoms. The van der Waals surface area contributed by atoms with Crippen molar-refractivity contribution in [2.24, 2.45) is 7.05 Å². The van der Waals surface area contributed by atoms with Crippen molar-refractivity contribution in [3.05, 3.63) is 75.6 Å². The second kappa shape index (κ2) is 9.34. The summed E-state index contributed by atoms with van der Waals surface area (Å²) in [6, 6.07) is 8.10. The Bertz CT molecular complexity index is 1400. The third kappa shape index (κ3) is 4.62. The van der Waals surface area contributed by atoms with Crippen LogP contribution in [-0.4, -0.2) is 38.9 Å². The van der Waals surface area contributed by atoms with E-state index >= 15 is 0 Å². The molecule has 3 aromatic rings. The van der Waals surface area contributed by atoms with E-state index in [2.05, 4.69) is 10.00 Å². The normalized spacial score (nSPS) is 20.5. The van der Waals surface area contributed by atoms with Gasteiger partial charge in [0.1, 0.15) is 17.6 Å². The number of alkyl halides is 3. The number of nitrogens with zero attached hydrogens (tertiary/aromatic N) is 3. The van der Waals surface area contributed by atoms with Crippen molar-refractivity contribution in [1.29, 1.82) is 0 Å². The van der Waals surface area contributed by atoms with Crippen molar-refractivity contribution in [1.82, 2.24) is 14.7 Å². The number of aryl methyl sites for hydroxylation is 1. The number of carboxylic acids is 1. The lowest BCUT2D eigenvalue weighted by Crippen LogP contribution is -2.31. The molecule has 1 aromatic heterocycles. The summed E-state index contributed by atoms with van der Waals surface area (Å²) in [5.41, 5.74) is 4.18. The number of ether oxygens (including phenoxy) is 2. The van der Waals surface area contributed by atoms with Gasteiger partial charge in [0.05, 0.1) is 24.3 Å². The van der Waals surface area contributed by atoms with Crippen LogP contribution in [0.4, 0.5) is 13.2 Å². The van der Waals surface area contributed by atoms with E-state index in [1.54, 1.807) is 22.9 Å². The fourth-order valence-electron chi connectivity index (χ4n) is 6.05. The third-order valence-corrected chi connectivity index (χ3v) is 7.77. The quantitative estimate of drug-likeness (QED) is 0.486. The highest BCUT2D eigenvalue weighted by Crippen LogP contribution is 2.44. The molecule has 6 rings (SSSR count). The maximum Gasteiger partial charge on any atom is 0.416 e. The molecule has 7 nitrogen and oxygen atoms in total. The average molecular weight is 528 g/mol. The molecule has 38 heavy (non-hydrogen) atoms. The lowest BCUT2D eigenvalue weighted by Gasteiger charge is -2.28. The molecule has 200 valence electrons. The Balaban J connectivity index is 1.25. The Hall–Kier alpha value is -3.53. The van der Waals surface area contributed by atoms with E-state index < -0.39 is 17.7 Å². The van der Waals surface area contributed by atoms with Gasteiger partial charge in [0.25, 0.3) is 0 Å². The highest BCUT2D eigenvalue weighted by molar-refractivity contribution is 5.68. The molecule has 0 fully saturated rings. The Kier molecular flexibility index (Phi) is 6.09. The average Bonchev–Trinajstić information content (AvgIpc) is 3.54. The van der Waals surface area contributed by atoms with E-state index in [0.717, 1.165) is 27.9 Å². The number of hydrogen-bond donors (Lipinski definition) is 1. The standard InChI is InChI=1S/C28H28F3N3O4/c1-33-12-17-13-34(9-8-24(17)32-33)14-22-20-5-7-25(21(20)4-6-23(22)28(29,30)31)38-18-2-3-19-16(10-27(35)36)15-37-26(19)11-18/h2-4,6,11-12,16,25H,5,7-10,13-15H2,1H3,(H,35,36)/t16?,25-/m1/s1. The minimum atomic E-state index is -4.44. The minimum Gasteiger partial charge on any atom is -0.492 e. The maximum atomic E-state index is 14.1. The number of halogens is 3. The van der Waals surface area contributed by atoms with Crippen molar-refractivity contribution in [2.75, 3.05) is 13.2 Å². The summed E-state index contributed by atoms with van der Waals surface area (Å²) in [5.74, 6) is 0.0672. The fraction of sp³-hybridized carbons (Fsp3) is 0.429. The molecule has 0 saturated carbocycles. The summed E-state index contributed by atoms with van der Waals surface area (Å²) in [4.78, 5) is 13.2. The van der Waals surface area contributed by atoms with Crippen LogP contribution in [0.3, 0.4) is 0 Å². The number of carbonyl (C=O) groups is 1. The van der Waals surface area contributed by atoms with Crippen LogP contribution >= 0.6 is 0 Å². The summed E-state index contributed by atoms with van der Waals surface area (Å²) < 4.78 is 56.0. The van der Waals surface area contributed by atoms with E-state index in [4.69, 9.17) is 14.6 Å². The fourth-order valence-corrected chi connectivity index (χ4v) is 6.05. The Morgan fingerprint density at radius 3 is 2.82 bits per heavy atom. The summed E-state index contributed by atoms with van der Waals surface area (Å²) in [7, 11) is 1.86. The Morgan fingerprint density at radius 2 is 2.03 bits per heavy atom. The van der Waals surface area contributed by atoms with Gasteiger partial charge in [0.15, 0.2) is 0 Å². The Morgan fingerprint density at radius 1 is 1.21 bits per heavy atom. The molecule has 2 aromatic carbocycles. The van der Waals surface area contributed by atoms with Gasteiger partial charge in [-0.1, -0.05) is 12.1 Å². The summed E-state index contributed by atoms with van der Waals surface area (Å²) in [5, 5.41) is 13.6. The van der Waals surface area contributed by atoms with E-state index in [1.165, 1.54) is 6.07 Å². The number of fused-ring (bicyclic) bond motifs is 3. The van der Waals surface area contributed by atoms with Crippen LogP contribution in [0.5, 0.6) is 11.5 Å². The molecule has 0 radical (unpaired) electrons. The van der Waals surface area contributed by atoms with Crippen LogP contribution in [0.15, 0.2) is 36.5 Å². The van der Waals surface area contributed by atoms with Crippen LogP contribution in [0.25, 0.3) is 0 Å². The molecule has 3 aliphatic rings. The van der Waals surface area contributed by atoms with E-state index in [1.807, 2.05) is 19.3 Å². The van der Waals surface area contributed by atoms with Gasteiger partial charge >= 0.3 is 12.1 Å². The SMILES string of the molecule is Cn1cc2c(n1)CCN(Cc1c(C(F)(F)F)ccc3c1CC[C@H]3Oc1ccc3c(c1)OCC3CC(=O)O)C2. The smallest absolute Gasteiger partial charge is 0.416 e. The van der Waals surface area contributed by atoms with Gasteiger partial charge in [-0.15, -0.1) is 0 Å². The number of carboxylic acid groups (broad SMARTS) is 1. The van der Waals surface area contributed by atoms with E-state index in [0.29, 0.717) is 56.0 Å². The van der Waals surface area contributed by atoms with Crippen LogP contribution in [0, 0.1) is 0 Å². The summed E-state index contributed by atoms with van der Waals surface area (Å²) in [6.45, 7) is 1.75. The zero-order valence-corrected chi connectivity index (χ0v) is 20.9. The number of aliphatic carboxylic acids is 1. The summed E-state index contributed by atoms with van der Waals surface area (Å²) >= 11 is 0. The predicted molar refractivity (Wildman–Crippen MR) is 131 cm³/mol. The van der Waals surface area contributed by atoms with E-state index in [-0.39, 0.29) is 25.0 Å². The van der Waals surface area contributed by atoms with Crippen molar-refractivity contribution >= 4 is 5.97 Å². The minimum absolute atomic E-state index is 0.00731. The number of aromatic nitrogens is 2. The van der Waals surface area contributed by atoms with Crippen molar-refractivity contribution < 1.29 is 32.5 Å². The molecule has 1 unspecified atom stereocenters. The number of benzene rings is 2. The molecule has 10 heteroatoms. The number of rotatable bonds is 6. The van der Waals surface area contributed by atoms with Crippen molar-refractivity contribution in [2.45, 2.75) is 57.0 Å². The molecule has 0 amide bonds. The lowest BCUT2D eigenvalue weighted by molar-refractivity contribution is -0.139. The monoisotopic (exact) mass is 527 g/mol. The van der Waals surface area contributed by atoms with Crippen LogP contribution in [0.2, 0.25) is 0 Å². The molecular weight excluding hydrogens is 499 g/mol. The molecular formula is C28H28F3N3O4. The highest BCUT2D eigenvalue weighted by Gasteiger charge is 2.38. The second-order valence-electron chi connectivity index (χ2n) is 10.3. The van der Waals surface area contributed by atoms with Crippen LogP contribution in [0.1, 0.15) is 63.9 Å². The molecule has 2 aliphatic heterocycles.